The second-order valence-electron chi connectivity index (χ2n) is 7.54. The van der Waals surface area contributed by atoms with E-state index in [1.165, 1.54) is 29.1 Å². The van der Waals surface area contributed by atoms with Gasteiger partial charge in [-0.25, -0.2) is 19.3 Å². The van der Waals surface area contributed by atoms with E-state index in [1.807, 2.05) is 4.90 Å². The summed E-state index contributed by atoms with van der Waals surface area (Å²) in [6.45, 7) is 2.89. The van der Waals surface area contributed by atoms with Crippen molar-refractivity contribution in [2.75, 3.05) is 18.0 Å². The molecule has 3 aromatic rings. The van der Waals surface area contributed by atoms with Crippen molar-refractivity contribution < 1.29 is 9.18 Å². The Balaban J connectivity index is 1.64. The normalized spacial score (nSPS) is 16.5. The highest BCUT2D eigenvalue weighted by Crippen LogP contribution is 2.26. The van der Waals surface area contributed by atoms with Gasteiger partial charge in [-0.15, -0.1) is 0 Å². The Bertz CT molecular complexity index is 1150. The summed E-state index contributed by atoms with van der Waals surface area (Å²) < 4.78 is 14.9. The number of Topliss-reactive ketones (excluding diaryl/α,β-unsaturated/α-hetero) is 1. The Morgan fingerprint density at radius 1 is 1.20 bits per heavy atom. The fourth-order valence-corrected chi connectivity index (χ4v) is 3.88. The zero-order valence-corrected chi connectivity index (χ0v) is 16.9. The van der Waals surface area contributed by atoms with Gasteiger partial charge >= 0.3 is 0 Å². The maximum atomic E-state index is 13.4. The van der Waals surface area contributed by atoms with Crippen molar-refractivity contribution in [2.45, 2.75) is 19.8 Å². The van der Waals surface area contributed by atoms with Gasteiger partial charge in [0.2, 0.25) is 5.95 Å². The number of halogens is 1. The van der Waals surface area contributed by atoms with Crippen molar-refractivity contribution >= 4 is 11.7 Å². The van der Waals surface area contributed by atoms with Crippen LogP contribution in [0.4, 0.5) is 10.3 Å². The number of anilines is 1. The third-order valence-electron chi connectivity index (χ3n) is 5.48. The molecule has 0 spiro atoms. The average molecular weight is 407 g/mol. The minimum Gasteiger partial charge on any atom is -0.341 e. The van der Waals surface area contributed by atoms with Gasteiger partial charge in [-0.1, -0.05) is 0 Å². The Labute approximate surface area is 173 Å². The smallest absolute Gasteiger partial charge is 0.255 e. The molecule has 1 fully saturated rings. The molecule has 0 saturated carbocycles. The van der Waals surface area contributed by atoms with E-state index < -0.39 is 0 Å². The molecule has 1 aliphatic rings. The standard InChI is InChI=1S/C22H22FN5O2/c1-14-10-16(23)5-6-17(14)21(30)15-4-3-9-28(12-15)22-26-19(11-20(29)27(22)2)18-7-8-24-13-25-18/h5-8,10-11,13,15H,3-4,9,12H2,1-2H3. The lowest BCUT2D eigenvalue weighted by Crippen LogP contribution is -2.42. The lowest BCUT2D eigenvalue weighted by atomic mass is 9.88. The second-order valence-corrected chi connectivity index (χ2v) is 7.54. The zero-order valence-electron chi connectivity index (χ0n) is 16.9. The van der Waals surface area contributed by atoms with E-state index in [2.05, 4.69) is 15.0 Å². The highest BCUT2D eigenvalue weighted by molar-refractivity contribution is 5.99. The number of aryl methyl sites for hydroxylation is 1. The SMILES string of the molecule is Cc1cc(F)ccc1C(=O)C1CCCN(c2nc(-c3ccncn3)cc(=O)n2C)C1. The van der Waals surface area contributed by atoms with Crippen molar-refractivity contribution in [3.8, 4) is 11.4 Å². The molecule has 1 atom stereocenters. The van der Waals surface area contributed by atoms with Gasteiger partial charge in [-0.3, -0.25) is 14.2 Å². The topological polar surface area (TPSA) is 81.0 Å². The number of hydrogen-bond acceptors (Lipinski definition) is 6. The predicted molar refractivity (Wildman–Crippen MR) is 111 cm³/mol. The molecule has 1 aromatic carbocycles. The number of aromatic nitrogens is 4. The lowest BCUT2D eigenvalue weighted by molar-refractivity contribution is 0.0906. The zero-order chi connectivity index (χ0) is 21.3. The van der Waals surface area contributed by atoms with Crippen molar-refractivity contribution in [3.63, 3.8) is 0 Å². The van der Waals surface area contributed by atoms with Crippen LogP contribution in [0.3, 0.4) is 0 Å². The Morgan fingerprint density at radius 2 is 2.03 bits per heavy atom. The molecule has 30 heavy (non-hydrogen) atoms. The summed E-state index contributed by atoms with van der Waals surface area (Å²) in [5, 5.41) is 0. The summed E-state index contributed by atoms with van der Waals surface area (Å²) in [6.07, 6.45) is 4.55. The number of nitrogens with zero attached hydrogens (tertiary/aromatic N) is 5. The van der Waals surface area contributed by atoms with E-state index >= 15 is 0 Å². The van der Waals surface area contributed by atoms with Crippen LogP contribution in [0.2, 0.25) is 0 Å². The molecule has 1 unspecified atom stereocenters. The van der Waals surface area contributed by atoms with E-state index in [0.717, 1.165) is 12.8 Å². The molecule has 0 radical (unpaired) electrons. The molecular weight excluding hydrogens is 385 g/mol. The fraction of sp³-hybridized carbons (Fsp3) is 0.318. The summed E-state index contributed by atoms with van der Waals surface area (Å²) in [4.78, 5) is 40.3. The van der Waals surface area contributed by atoms with Crippen LogP contribution in [0, 0.1) is 18.7 Å². The Morgan fingerprint density at radius 3 is 2.77 bits per heavy atom. The number of carbonyl (C=O) groups is 1. The molecule has 7 nitrogen and oxygen atoms in total. The molecule has 1 saturated heterocycles. The Kier molecular flexibility index (Phi) is 5.39. The van der Waals surface area contributed by atoms with Gasteiger partial charge < -0.3 is 4.90 Å². The van der Waals surface area contributed by atoms with Crippen molar-refractivity contribution in [1.29, 1.82) is 0 Å². The second kappa shape index (κ2) is 8.14. The molecule has 3 heterocycles. The van der Waals surface area contributed by atoms with Crippen LogP contribution in [-0.4, -0.2) is 38.4 Å². The van der Waals surface area contributed by atoms with Crippen LogP contribution >= 0.6 is 0 Å². The summed E-state index contributed by atoms with van der Waals surface area (Å²) in [5.41, 5.74) is 2.01. The molecule has 0 amide bonds. The molecule has 0 N–H and O–H groups in total. The number of carbonyl (C=O) groups excluding carboxylic acids is 1. The monoisotopic (exact) mass is 407 g/mol. The highest BCUT2D eigenvalue weighted by atomic mass is 19.1. The van der Waals surface area contributed by atoms with Crippen molar-refractivity contribution in [2.24, 2.45) is 13.0 Å². The van der Waals surface area contributed by atoms with Gasteiger partial charge in [-0.05, 0) is 49.6 Å². The first-order valence-corrected chi connectivity index (χ1v) is 9.84. The summed E-state index contributed by atoms with van der Waals surface area (Å²) >= 11 is 0. The van der Waals surface area contributed by atoms with Gasteiger partial charge in [-0.2, -0.15) is 0 Å². The third kappa shape index (κ3) is 3.85. The number of piperidine rings is 1. The first-order chi connectivity index (χ1) is 14.4. The maximum absolute atomic E-state index is 13.4. The largest absolute Gasteiger partial charge is 0.341 e. The summed E-state index contributed by atoms with van der Waals surface area (Å²) in [5.74, 6) is -0.101. The quantitative estimate of drug-likeness (QED) is 0.619. The third-order valence-corrected chi connectivity index (χ3v) is 5.48. The van der Waals surface area contributed by atoms with E-state index in [0.29, 0.717) is 41.6 Å². The van der Waals surface area contributed by atoms with Gasteiger partial charge in [0.05, 0.1) is 11.4 Å². The van der Waals surface area contributed by atoms with Crippen molar-refractivity contribution in [1.82, 2.24) is 19.5 Å². The fourth-order valence-electron chi connectivity index (χ4n) is 3.88. The van der Waals surface area contributed by atoms with E-state index in [1.54, 1.807) is 32.3 Å². The van der Waals surface area contributed by atoms with E-state index in [-0.39, 0.29) is 23.1 Å². The van der Waals surface area contributed by atoms with Gasteiger partial charge in [0, 0.05) is 43.9 Å². The molecule has 0 bridgehead atoms. The van der Waals surface area contributed by atoms with Crippen LogP contribution < -0.4 is 10.5 Å². The minimum absolute atomic E-state index is 0.00541. The van der Waals surface area contributed by atoms with Crippen LogP contribution in [0.5, 0.6) is 0 Å². The number of benzene rings is 1. The highest BCUT2D eigenvalue weighted by Gasteiger charge is 2.29. The minimum atomic E-state index is -0.352. The van der Waals surface area contributed by atoms with Gasteiger partial charge in [0.25, 0.3) is 5.56 Å². The first kappa shape index (κ1) is 19.9. The van der Waals surface area contributed by atoms with E-state index in [4.69, 9.17) is 0 Å². The maximum Gasteiger partial charge on any atom is 0.255 e. The van der Waals surface area contributed by atoms with Gasteiger partial charge in [0.15, 0.2) is 5.78 Å². The van der Waals surface area contributed by atoms with Crippen LogP contribution in [0.25, 0.3) is 11.4 Å². The van der Waals surface area contributed by atoms with Crippen LogP contribution in [0.1, 0.15) is 28.8 Å². The van der Waals surface area contributed by atoms with E-state index in [9.17, 15) is 14.0 Å². The van der Waals surface area contributed by atoms with Crippen LogP contribution in [0.15, 0.2) is 47.7 Å². The lowest BCUT2D eigenvalue weighted by Gasteiger charge is -2.33. The number of hydrogen-bond donors (Lipinski definition) is 0. The summed E-state index contributed by atoms with van der Waals surface area (Å²) in [7, 11) is 1.67. The van der Waals surface area contributed by atoms with Crippen molar-refractivity contribution in [3.05, 3.63) is 70.2 Å². The number of ketones is 1. The summed E-state index contributed by atoms with van der Waals surface area (Å²) in [6, 6.07) is 7.39. The molecule has 0 aliphatic carbocycles. The molecule has 154 valence electrons. The Hall–Kier alpha value is -3.42. The first-order valence-electron chi connectivity index (χ1n) is 9.84. The number of rotatable bonds is 4. The molecule has 8 heteroatoms. The molecule has 4 rings (SSSR count). The van der Waals surface area contributed by atoms with Crippen LogP contribution in [-0.2, 0) is 7.05 Å². The molecular formula is C22H22FN5O2. The molecule has 1 aliphatic heterocycles. The van der Waals surface area contributed by atoms with Gasteiger partial charge in [0.1, 0.15) is 12.1 Å². The predicted octanol–water partition coefficient (Wildman–Crippen LogP) is 2.78. The molecule has 2 aromatic heterocycles. The average Bonchev–Trinajstić information content (AvgIpc) is 2.76.